The Morgan fingerprint density at radius 3 is 1.98 bits per heavy atom. The van der Waals surface area contributed by atoms with Gasteiger partial charge in [-0.1, -0.05) is 76.6 Å². The van der Waals surface area contributed by atoms with Gasteiger partial charge in [0.2, 0.25) is 5.69 Å². The highest BCUT2D eigenvalue weighted by molar-refractivity contribution is 6.32. The monoisotopic (exact) mass is 854 g/mol. The molecule has 3 aliphatic rings. The molecule has 2 aliphatic heterocycles. The van der Waals surface area contributed by atoms with Gasteiger partial charge in [-0.3, -0.25) is 0 Å². The van der Waals surface area contributed by atoms with Crippen LogP contribution in [0.4, 0.5) is 11.4 Å². The maximum absolute atomic E-state index is 7.48. The smallest absolute Gasteiger partial charge is 0.210 e. The summed E-state index contributed by atoms with van der Waals surface area (Å²) in [5, 5.41) is 5.86. The van der Waals surface area contributed by atoms with Crippen molar-refractivity contribution >= 4 is 50.2 Å². The van der Waals surface area contributed by atoms with Crippen LogP contribution in [0.15, 0.2) is 107 Å². The molecule has 1 aliphatic carbocycles. The Morgan fingerprint density at radius 2 is 1.41 bits per heavy atom. The average Bonchev–Trinajstić information content (AvgIpc) is 3.50. The van der Waals surface area contributed by atoms with E-state index in [9.17, 15) is 0 Å². The van der Waals surface area contributed by atoms with Gasteiger partial charge < -0.3 is 38.4 Å². The summed E-state index contributed by atoms with van der Waals surface area (Å²) < 4.78 is 13.6. The Balaban J connectivity index is 0.00000497. The van der Waals surface area contributed by atoms with Gasteiger partial charge in [0.05, 0.1) is 19.6 Å². The fourth-order valence-corrected chi connectivity index (χ4v) is 9.60. The minimum atomic E-state index is -0.188. The molecule has 0 aromatic heterocycles. The Morgan fingerprint density at radius 1 is 0.796 bits per heavy atom. The Kier molecular flexibility index (Phi) is 11.0. The van der Waals surface area contributed by atoms with Gasteiger partial charge in [-0.2, -0.15) is 4.58 Å². The zero-order valence-corrected chi connectivity index (χ0v) is 36.9. The predicted octanol–water partition coefficient (Wildman–Crippen LogP) is 9.54. The van der Waals surface area contributed by atoms with Crippen LogP contribution in [0, 0.1) is 11.3 Å². The molecule has 0 N–H and O–H groups in total. The summed E-state index contributed by atoms with van der Waals surface area (Å²) in [6.07, 6.45) is 11.3. The highest BCUT2D eigenvalue weighted by Crippen LogP contribution is 2.52. The van der Waals surface area contributed by atoms with Gasteiger partial charge in [0.1, 0.15) is 18.0 Å². The van der Waals surface area contributed by atoms with Crippen molar-refractivity contribution in [1.82, 2.24) is 0 Å². The highest BCUT2D eigenvalue weighted by atomic mass is 127. The number of benzene rings is 4. The number of nitrogens with zero attached hydrogens (tertiary/aromatic N) is 2. The zero-order chi connectivity index (χ0) is 38.0. The summed E-state index contributed by atoms with van der Waals surface area (Å²) in [6.45, 7) is 22.8. The van der Waals surface area contributed by atoms with Crippen molar-refractivity contribution in [1.29, 1.82) is 0 Å². The number of rotatable bonds is 7. The molecule has 0 saturated carbocycles. The number of ether oxygens (including phenoxy) is 2. The number of halogens is 2. The van der Waals surface area contributed by atoms with E-state index in [0.717, 1.165) is 42.5 Å². The van der Waals surface area contributed by atoms with Crippen molar-refractivity contribution in [2.75, 3.05) is 32.2 Å². The van der Waals surface area contributed by atoms with Gasteiger partial charge in [0, 0.05) is 46.1 Å². The number of methoxy groups -OCH3 is 2. The first-order valence-corrected chi connectivity index (χ1v) is 19.7. The van der Waals surface area contributed by atoms with E-state index >= 15 is 0 Å². The van der Waals surface area contributed by atoms with Crippen LogP contribution in [0.3, 0.4) is 0 Å². The lowest BCUT2D eigenvalue weighted by Crippen LogP contribution is -3.00. The molecule has 0 fully saturated rings. The molecule has 4 aromatic carbocycles. The van der Waals surface area contributed by atoms with E-state index in [0.29, 0.717) is 5.92 Å². The molecular formula is C48H56ClIN2O2. The van der Waals surface area contributed by atoms with Crippen LogP contribution in [0.1, 0.15) is 86.3 Å². The third-order valence-electron chi connectivity index (χ3n) is 12.3. The number of allylic oxidation sites excluding steroid dienone is 8. The van der Waals surface area contributed by atoms with Crippen LogP contribution >= 0.6 is 11.6 Å². The largest absolute Gasteiger partial charge is 1.00 e. The second-order valence-corrected chi connectivity index (χ2v) is 17.5. The fourth-order valence-electron chi connectivity index (χ4n) is 9.32. The number of likely N-dealkylation sites (N-methyl/N-ethyl adjacent to an activating group) is 1. The molecule has 284 valence electrons. The molecule has 0 bridgehead atoms. The predicted molar refractivity (Wildman–Crippen MR) is 226 cm³/mol. The molecule has 0 amide bonds. The maximum atomic E-state index is 7.48. The summed E-state index contributed by atoms with van der Waals surface area (Å²) in [7, 11) is 3.46. The van der Waals surface area contributed by atoms with Crippen molar-refractivity contribution in [3.05, 3.63) is 118 Å². The fraction of sp³-hybridized carbons (Fsp3) is 0.396. The van der Waals surface area contributed by atoms with E-state index in [4.69, 9.17) is 21.1 Å². The molecule has 54 heavy (non-hydrogen) atoms. The van der Waals surface area contributed by atoms with E-state index in [1.807, 2.05) is 0 Å². The minimum Gasteiger partial charge on any atom is -1.00 e. The summed E-state index contributed by atoms with van der Waals surface area (Å²) in [5.41, 5.74) is 10.1. The van der Waals surface area contributed by atoms with Crippen LogP contribution in [0.5, 0.6) is 11.5 Å². The molecular weight excluding hydrogens is 799 g/mol. The molecule has 0 spiro atoms. The van der Waals surface area contributed by atoms with Gasteiger partial charge in [-0.25, -0.2) is 0 Å². The van der Waals surface area contributed by atoms with E-state index in [2.05, 4.69) is 157 Å². The lowest BCUT2D eigenvalue weighted by molar-refractivity contribution is -0.433. The second kappa shape index (κ2) is 14.8. The molecule has 7 rings (SSSR count). The van der Waals surface area contributed by atoms with E-state index in [-0.39, 0.29) is 40.2 Å². The van der Waals surface area contributed by atoms with Gasteiger partial charge >= 0.3 is 0 Å². The third-order valence-corrected chi connectivity index (χ3v) is 12.8. The first-order valence-electron chi connectivity index (χ1n) is 19.3. The Bertz CT molecular complexity index is 2300. The number of hydrogen-bond donors (Lipinski definition) is 0. The van der Waals surface area contributed by atoms with Crippen molar-refractivity contribution in [2.45, 2.75) is 86.0 Å². The van der Waals surface area contributed by atoms with Crippen molar-refractivity contribution < 1.29 is 38.0 Å². The minimum absolute atomic E-state index is 0. The SMILES string of the molecule is CCN1/C(=C/C=C2\CC(C(C)(C)C)CC(/C=C/C3=[N+](CC)c4ccc5cc(OC)ccc5c4C3(C)C)=C2Cl)C(C)(C)c2c1ccc1cc(OC)ccc21.[I-]. The van der Waals surface area contributed by atoms with E-state index in [1.54, 1.807) is 14.2 Å². The summed E-state index contributed by atoms with van der Waals surface area (Å²) in [4.78, 5) is 2.48. The number of hydrogen-bond acceptors (Lipinski definition) is 3. The first kappa shape index (κ1) is 40.1. The second-order valence-electron chi connectivity index (χ2n) is 17.1. The molecule has 4 aromatic rings. The Labute approximate surface area is 345 Å². The maximum Gasteiger partial charge on any atom is 0.210 e. The highest BCUT2D eigenvalue weighted by Gasteiger charge is 2.45. The van der Waals surface area contributed by atoms with Crippen molar-refractivity contribution in [3.8, 4) is 11.5 Å². The Hall–Kier alpha value is -3.55. The first-order chi connectivity index (χ1) is 25.1. The molecule has 1 unspecified atom stereocenters. The van der Waals surface area contributed by atoms with E-state index in [1.165, 1.54) is 66.6 Å². The topological polar surface area (TPSA) is 24.7 Å². The summed E-state index contributed by atoms with van der Waals surface area (Å²) in [6, 6.07) is 21.9. The van der Waals surface area contributed by atoms with Gasteiger partial charge in [0.25, 0.3) is 0 Å². The van der Waals surface area contributed by atoms with Gasteiger partial charge in [0.15, 0.2) is 5.71 Å². The van der Waals surface area contributed by atoms with Gasteiger partial charge in [-0.05, 0) is 133 Å². The summed E-state index contributed by atoms with van der Waals surface area (Å²) in [5.74, 6) is 2.23. The number of fused-ring (bicyclic) bond motifs is 6. The number of anilines is 1. The van der Waals surface area contributed by atoms with Crippen LogP contribution in [-0.4, -0.2) is 37.6 Å². The normalized spacial score (nSPS) is 20.7. The van der Waals surface area contributed by atoms with Crippen LogP contribution in [0.25, 0.3) is 21.5 Å². The average molecular weight is 855 g/mol. The van der Waals surface area contributed by atoms with E-state index < -0.39 is 0 Å². The zero-order valence-electron chi connectivity index (χ0n) is 34.0. The summed E-state index contributed by atoms with van der Waals surface area (Å²) >= 11 is 7.48. The third kappa shape index (κ3) is 6.61. The molecule has 0 saturated heterocycles. The molecule has 2 heterocycles. The van der Waals surface area contributed by atoms with Crippen LogP contribution < -0.4 is 38.4 Å². The van der Waals surface area contributed by atoms with Crippen LogP contribution in [-0.2, 0) is 10.8 Å². The quantitative estimate of drug-likeness (QED) is 0.137. The van der Waals surface area contributed by atoms with Crippen molar-refractivity contribution in [3.63, 3.8) is 0 Å². The van der Waals surface area contributed by atoms with Crippen molar-refractivity contribution in [2.24, 2.45) is 11.3 Å². The van der Waals surface area contributed by atoms with Crippen LogP contribution in [0.2, 0.25) is 0 Å². The molecule has 1 atom stereocenters. The molecule has 4 nitrogen and oxygen atoms in total. The lowest BCUT2D eigenvalue weighted by Gasteiger charge is -2.36. The molecule has 6 heteroatoms. The van der Waals surface area contributed by atoms with Gasteiger partial charge in [-0.15, -0.1) is 0 Å². The standard InChI is InChI=1S/C48H56ClN2O2.HI/c1-12-50-39-22-14-30-28-35(52-10)18-20-37(30)43(39)47(6,7)41(50)24-16-32-26-34(46(3,4)5)27-33(45(32)49)17-25-42-48(8,9)44-38-21-19-36(53-11)29-31(38)15-23-40(44)51(42)13-2;/h14-25,28-29,34H,12-13,26-27H2,1-11H3;1H/q+1;/p-1. The lowest BCUT2D eigenvalue weighted by atomic mass is 9.70. The molecule has 0 radical (unpaired) electrons.